The van der Waals surface area contributed by atoms with Crippen molar-refractivity contribution in [1.82, 2.24) is 15.0 Å². The number of aliphatic hydroxyl groups excluding tert-OH is 7. The molecule has 3 aromatic rings. The highest BCUT2D eigenvalue weighted by atomic mass is 16.7. The minimum atomic E-state index is -1.82. The summed E-state index contributed by atoms with van der Waals surface area (Å²) in [5.41, 5.74) is 1.66. The van der Waals surface area contributed by atoms with Crippen LogP contribution in [0.2, 0.25) is 0 Å². The molecule has 2 aliphatic heterocycles. The molecule has 2 saturated heterocycles. The first-order chi connectivity index (χ1) is 21.8. The van der Waals surface area contributed by atoms with Crippen molar-refractivity contribution in [3.8, 4) is 18.0 Å². The molecule has 2 fully saturated rings. The van der Waals surface area contributed by atoms with E-state index in [0.29, 0.717) is 0 Å². The summed E-state index contributed by atoms with van der Waals surface area (Å²) in [6.07, 6.45) is -16.3. The molecule has 0 unspecified atom stereocenters. The van der Waals surface area contributed by atoms with Crippen molar-refractivity contribution >= 4 is 0 Å². The molecule has 244 valence electrons. The number of ether oxygens (including phenoxy) is 6. The molecule has 5 rings (SSSR count). The Hall–Kier alpha value is -3.55. The lowest BCUT2D eigenvalue weighted by atomic mass is 9.97. The molecule has 3 heterocycles. The van der Waals surface area contributed by atoms with Crippen LogP contribution >= 0.6 is 0 Å². The lowest BCUT2D eigenvalue weighted by Gasteiger charge is -2.45. The summed E-state index contributed by atoms with van der Waals surface area (Å²) in [4.78, 5) is 12.4. The number of benzene rings is 2. The Morgan fingerprint density at radius 2 is 1.04 bits per heavy atom. The Bertz CT molecular complexity index is 1280. The van der Waals surface area contributed by atoms with E-state index in [2.05, 4.69) is 15.0 Å². The molecular weight excluding hydrogens is 598 g/mol. The molecule has 0 bridgehead atoms. The minimum absolute atomic E-state index is 0.104. The van der Waals surface area contributed by atoms with Crippen LogP contribution in [0.15, 0.2) is 60.7 Å². The zero-order valence-electron chi connectivity index (χ0n) is 23.8. The van der Waals surface area contributed by atoms with Gasteiger partial charge in [-0.3, -0.25) is 0 Å². The zero-order valence-corrected chi connectivity index (χ0v) is 23.8. The van der Waals surface area contributed by atoms with E-state index in [9.17, 15) is 35.7 Å². The quantitative estimate of drug-likeness (QED) is 0.115. The van der Waals surface area contributed by atoms with Crippen LogP contribution in [0.25, 0.3) is 0 Å². The Balaban J connectivity index is 1.31. The van der Waals surface area contributed by atoms with Gasteiger partial charge >= 0.3 is 18.0 Å². The van der Waals surface area contributed by atoms with Gasteiger partial charge in [-0.25, -0.2) is 0 Å². The van der Waals surface area contributed by atoms with E-state index < -0.39 is 80.6 Å². The Morgan fingerprint density at radius 1 is 0.556 bits per heavy atom. The number of rotatable bonds is 12. The third-order valence-electron chi connectivity index (χ3n) is 7.18. The van der Waals surface area contributed by atoms with Gasteiger partial charge in [-0.1, -0.05) is 60.7 Å². The smallest absolute Gasteiger partial charge is 0.328 e. The van der Waals surface area contributed by atoms with Gasteiger partial charge in [-0.05, 0) is 11.1 Å². The maximum Gasteiger partial charge on any atom is 0.328 e. The molecule has 0 spiro atoms. The fourth-order valence-corrected chi connectivity index (χ4v) is 4.70. The molecule has 10 atom stereocenters. The second kappa shape index (κ2) is 15.2. The van der Waals surface area contributed by atoms with Crippen LogP contribution in [0.1, 0.15) is 11.1 Å². The largest absolute Gasteiger partial charge is 0.458 e. The van der Waals surface area contributed by atoms with Crippen LogP contribution in [0.5, 0.6) is 18.0 Å². The van der Waals surface area contributed by atoms with Gasteiger partial charge in [0.2, 0.25) is 6.29 Å². The molecule has 0 saturated carbocycles. The highest BCUT2D eigenvalue weighted by molar-refractivity contribution is 5.17. The summed E-state index contributed by atoms with van der Waals surface area (Å²) < 4.78 is 33.7. The number of nitrogens with zero attached hydrogens (tertiary/aromatic N) is 3. The number of aromatic nitrogens is 3. The van der Waals surface area contributed by atoms with Crippen molar-refractivity contribution in [2.45, 2.75) is 74.6 Å². The van der Waals surface area contributed by atoms with E-state index in [1.165, 1.54) is 0 Å². The summed E-state index contributed by atoms with van der Waals surface area (Å²) in [6, 6.07) is 17.7. The molecule has 16 nitrogen and oxygen atoms in total. The molecule has 2 aliphatic rings. The molecule has 0 amide bonds. The molecular formula is C29H35N3O13. The third kappa shape index (κ3) is 8.00. The van der Waals surface area contributed by atoms with E-state index in [1.54, 1.807) is 0 Å². The molecule has 45 heavy (non-hydrogen) atoms. The molecule has 16 heteroatoms. The summed E-state index contributed by atoms with van der Waals surface area (Å²) in [5.74, 6) is 0. The lowest BCUT2D eigenvalue weighted by Crippen LogP contribution is -2.65. The first-order valence-electron chi connectivity index (χ1n) is 14.1. The predicted octanol–water partition coefficient (Wildman–Crippen LogP) is -1.97. The monoisotopic (exact) mass is 633 g/mol. The number of aliphatic hydroxyl groups is 7. The standard InChI is InChI=1S/C29H35N3O13/c33-11-17-19(35)20(36)22(38)25(42-17)44-24-18(12-34)43-26(23(39)21(24)37)45-29-31-27(40-13-15-7-3-1-4-8-15)30-28(32-29)41-14-16-9-5-2-6-10-16/h1-10,17-26,33-39H,11-14H2/t17-,18-,19+,20+,21-,22-,23-,24-,25+,26+/m1/s1. The van der Waals surface area contributed by atoms with Crippen LogP contribution in [0.4, 0.5) is 0 Å². The van der Waals surface area contributed by atoms with Crippen molar-refractivity contribution in [3.63, 3.8) is 0 Å². The van der Waals surface area contributed by atoms with E-state index in [4.69, 9.17) is 28.4 Å². The van der Waals surface area contributed by atoms with Crippen molar-refractivity contribution in [1.29, 1.82) is 0 Å². The second-order valence-electron chi connectivity index (χ2n) is 10.4. The summed E-state index contributed by atoms with van der Waals surface area (Å²) in [6.45, 7) is -1.25. The fourth-order valence-electron chi connectivity index (χ4n) is 4.70. The maximum absolute atomic E-state index is 10.9. The maximum atomic E-state index is 10.9. The van der Waals surface area contributed by atoms with Gasteiger partial charge < -0.3 is 64.2 Å². The van der Waals surface area contributed by atoms with Gasteiger partial charge in [0.25, 0.3) is 0 Å². The average Bonchev–Trinajstić information content (AvgIpc) is 3.07. The Kier molecular flexibility index (Phi) is 11.1. The molecule has 7 N–H and O–H groups in total. The summed E-state index contributed by atoms with van der Waals surface area (Å²) >= 11 is 0. The highest BCUT2D eigenvalue weighted by Crippen LogP contribution is 2.30. The first-order valence-corrected chi connectivity index (χ1v) is 14.1. The molecule has 1 aromatic heterocycles. The van der Waals surface area contributed by atoms with E-state index in [1.807, 2.05) is 60.7 Å². The normalized spacial score (nSPS) is 31.7. The molecule has 2 aromatic carbocycles. The number of hydrogen-bond donors (Lipinski definition) is 7. The van der Waals surface area contributed by atoms with Crippen molar-refractivity contribution in [2.75, 3.05) is 13.2 Å². The zero-order chi connectivity index (χ0) is 31.9. The summed E-state index contributed by atoms with van der Waals surface area (Å²) in [5, 5.41) is 71.7. The SMILES string of the molecule is OC[C@H]1O[C@@H](O[C@H]2[C@H](O)[C@@H](O)[C@H](Oc3nc(OCc4ccccc4)nc(OCc4ccccc4)n3)O[C@@H]2CO)[C@H](O)[C@@H](O)[C@H]1O. The van der Waals surface area contributed by atoms with Crippen molar-refractivity contribution < 1.29 is 64.2 Å². The Morgan fingerprint density at radius 3 is 1.58 bits per heavy atom. The van der Waals surface area contributed by atoms with Crippen molar-refractivity contribution in [3.05, 3.63) is 71.8 Å². The van der Waals surface area contributed by atoms with Gasteiger partial charge in [0.1, 0.15) is 62.0 Å². The van der Waals surface area contributed by atoms with Gasteiger partial charge in [0.05, 0.1) is 13.2 Å². The minimum Gasteiger partial charge on any atom is -0.458 e. The van der Waals surface area contributed by atoms with E-state index in [0.717, 1.165) is 11.1 Å². The third-order valence-corrected chi connectivity index (χ3v) is 7.18. The van der Waals surface area contributed by atoms with Gasteiger partial charge in [0.15, 0.2) is 6.29 Å². The van der Waals surface area contributed by atoms with E-state index in [-0.39, 0.29) is 25.2 Å². The molecule has 0 aliphatic carbocycles. The lowest BCUT2D eigenvalue weighted by molar-refractivity contribution is -0.352. The fraction of sp³-hybridized carbons (Fsp3) is 0.483. The first kappa shape index (κ1) is 32.8. The average molecular weight is 634 g/mol. The predicted molar refractivity (Wildman–Crippen MR) is 148 cm³/mol. The van der Waals surface area contributed by atoms with Crippen molar-refractivity contribution in [2.24, 2.45) is 0 Å². The Labute approximate surface area is 257 Å². The van der Waals surface area contributed by atoms with Gasteiger partial charge in [0, 0.05) is 0 Å². The molecule has 0 radical (unpaired) electrons. The number of hydrogen-bond acceptors (Lipinski definition) is 16. The highest BCUT2D eigenvalue weighted by Gasteiger charge is 2.51. The topological polar surface area (TPSA) is 236 Å². The van der Waals surface area contributed by atoms with Crippen LogP contribution in [-0.4, -0.2) is 125 Å². The van der Waals surface area contributed by atoms with Gasteiger partial charge in [-0.15, -0.1) is 15.0 Å². The van der Waals surface area contributed by atoms with Crippen LogP contribution in [-0.2, 0) is 27.4 Å². The van der Waals surface area contributed by atoms with Crippen LogP contribution in [0, 0.1) is 0 Å². The second-order valence-corrected chi connectivity index (χ2v) is 10.4. The van der Waals surface area contributed by atoms with Crippen LogP contribution in [0.3, 0.4) is 0 Å². The van der Waals surface area contributed by atoms with Crippen LogP contribution < -0.4 is 14.2 Å². The summed E-state index contributed by atoms with van der Waals surface area (Å²) in [7, 11) is 0. The van der Waals surface area contributed by atoms with E-state index >= 15 is 0 Å². The van der Waals surface area contributed by atoms with Gasteiger partial charge in [-0.2, -0.15) is 0 Å².